The molecule has 0 bridgehead atoms. The van der Waals surface area contributed by atoms with E-state index >= 15 is 0 Å². The van der Waals surface area contributed by atoms with Crippen LogP contribution in [-0.2, 0) is 22.6 Å². The van der Waals surface area contributed by atoms with Gasteiger partial charge in [0.15, 0.2) is 0 Å². The van der Waals surface area contributed by atoms with Crippen LogP contribution in [-0.4, -0.2) is 41.6 Å². The van der Waals surface area contributed by atoms with E-state index in [9.17, 15) is 14.4 Å². The molecule has 0 aliphatic carbocycles. The van der Waals surface area contributed by atoms with Crippen molar-refractivity contribution in [2.45, 2.75) is 39.8 Å². The maximum Gasteiger partial charge on any atom is 0.287 e. The van der Waals surface area contributed by atoms with E-state index in [0.717, 1.165) is 41.9 Å². The first-order valence-corrected chi connectivity index (χ1v) is 12.6. The normalized spacial score (nSPS) is 11.7. The minimum absolute atomic E-state index is 0. The molecule has 0 saturated heterocycles. The largest absolute Gasteiger partial charge is 0.363 e. The number of aryl methyl sites for hydroxylation is 1. The number of primary amides is 1. The van der Waals surface area contributed by atoms with Crippen molar-refractivity contribution >= 4 is 42.2 Å². The Morgan fingerprint density at radius 1 is 0.895 bits per heavy atom. The van der Waals surface area contributed by atoms with E-state index in [-0.39, 0.29) is 18.8 Å². The Labute approximate surface area is 231 Å². The van der Waals surface area contributed by atoms with Gasteiger partial charge in [0.1, 0.15) is 6.04 Å². The summed E-state index contributed by atoms with van der Waals surface area (Å²) in [6.45, 7) is 9.19. The topological polar surface area (TPSA) is 92.5 Å². The standard InChI is InChI=1S/C31H35N3O3.ClH/c1-4-34(5-2)21-25-14-12-23(13-15-25)16-17-26-19-22(3)11-18-27(26)31(37)33-28(29(35)30(32)36)20-24-9-7-6-8-10-24;/h6-19,28H,4-5,20-21H2,1-3H3,(H2,32,36)(H,33,37);1H/b17-16+;. The summed E-state index contributed by atoms with van der Waals surface area (Å²) in [5, 5.41) is 2.73. The smallest absolute Gasteiger partial charge is 0.287 e. The van der Waals surface area contributed by atoms with Gasteiger partial charge in [0, 0.05) is 18.5 Å². The molecular formula is C31H36ClN3O3. The Balaban J connectivity index is 0.00000507. The van der Waals surface area contributed by atoms with Crippen LogP contribution >= 0.6 is 12.4 Å². The number of hydrogen-bond donors (Lipinski definition) is 2. The zero-order chi connectivity index (χ0) is 26.8. The molecule has 7 heteroatoms. The molecule has 1 atom stereocenters. The molecular weight excluding hydrogens is 498 g/mol. The second kappa shape index (κ2) is 14.9. The van der Waals surface area contributed by atoms with Gasteiger partial charge in [-0.2, -0.15) is 0 Å². The zero-order valence-corrected chi connectivity index (χ0v) is 23.0. The molecule has 3 N–H and O–H groups in total. The number of benzene rings is 3. The summed E-state index contributed by atoms with van der Waals surface area (Å²) in [6.07, 6.45) is 4.03. The third-order valence-electron chi connectivity index (χ3n) is 6.33. The van der Waals surface area contributed by atoms with Gasteiger partial charge in [0.25, 0.3) is 11.8 Å². The van der Waals surface area contributed by atoms with E-state index in [4.69, 9.17) is 5.73 Å². The zero-order valence-electron chi connectivity index (χ0n) is 22.1. The number of nitrogens with zero attached hydrogens (tertiary/aromatic N) is 1. The Morgan fingerprint density at radius 2 is 1.55 bits per heavy atom. The lowest BCUT2D eigenvalue weighted by Crippen LogP contribution is -2.47. The monoisotopic (exact) mass is 533 g/mol. The number of nitrogens with two attached hydrogens (primary N) is 1. The molecule has 0 radical (unpaired) electrons. The highest BCUT2D eigenvalue weighted by Crippen LogP contribution is 2.17. The van der Waals surface area contributed by atoms with Crippen LogP contribution in [0.5, 0.6) is 0 Å². The number of halogens is 1. The average Bonchev–Trinajstić information content (AvgIpc) is 2.90. The lowest BCUT2D eigenvalue weighted by atomic mass is 9.99. The van der Waals surface area contributed by atoms with Gasteiger partial charge in [-0.25, -0.2) is 0 Å². The van der Waals surface area contributed by atoms with Crippen LogP contribution in [0.2, 0.25) is 0 Å². The summed E-state index contributed by atoms with van der Waals surface area (Å²) < 4.78 is 0. The minimum atomic E-state index is -1.07. The molecule has 0 aromatic heterocycles. The van der Waals surface area contributed by atoms with Crippen molar-refractivity contribution in [2.24, 2.45) is 5.73 Å². The second-order valence-electron chi connectivity index (χ2n) is 9.07. The fraction of sp³-hybridized carbons (Fsp3) is 0.258. The van der Waals surface area contributed by atoms with Crippen molar-refractivity contribution in [1.29, 1.82) is 0 Å². The molecule has 1 unspecified atom stereocenters. The molecule has 0 aliphatic heterocycles. The van der Waals surface area contributed by atoms with Crippen LogP contribution < -0.4 is 11.1 Å². The van der Waals surface area contributed by atoms with Gasteiger partial charge in [0.05, 0.1) is 0 Å². The van der Waals surface area contributed by atoms with E-state index in [1.54, 1.807) is 6.07 Å². The summed E-state index contributed by atoms with van der Waals surface area (Å²) in [5.74, 6) is -2.34. The maximum absolute atomic E-state index is 13.3. The van der Waals surface area contributed by atoms with Crippen molar-refractivity contribution < 1.29 is 14.4 Å². The van der Waals surface area contributed by atoms with Crippen molar-refractivity contribution in [3.8, 4) is 0 Å². The number of carbonyl (C=O) groups excluding carboxylic acids is 3. The third-order valence-corrected chi connectivity index (χ3v) is 6.33. The molecule has 0 spiro atoms. The molecule has 38 heavy (non-hydrogen) atoms. The fourth-order valence-corrected chi connectivity index (χ4v) is 4.12. The summed E-state index contributed by atoms with van der Waals surface area (Å²) in [4.78, 5) is 39.8. The number of ketones is 1. The van der Waals surface area contributed by atoms with Gasteiger partial charge in [-0.05, 0) is 48.3 Å². The van der Waals surface area contributed by atoms with Gasteiger partial charge in [-0.3, -0.25) is 19.3 Å². The molecule has 3 aromatic rings. The van der Waals surface area contributed by atoms with Gasteiger partial charge in [-0.15, -0.1) is 12.4 Å². The number of amides is 2. The van der Waals surface area contributed by atoms with Crippen LogP contribution in [0, 0.1) is 6.92 Å². The molecule has 0 aliphatic rings. The van der Waals surface area contributed by atoms with Crippen LogP contribution in [0.4, 0.5) is 0 Å². The van der Waals surface area contributed by atoms with E-state index in [2.05, 4.69) is 48.3 Å². The summed E-state index contributed by atoms with van der Waals surface area (Å²) in [6, 6.07) is 22.0. The van der Waals surface area contributed by atoms with E-state index in [0.29, 0.717) is 5.56 Å². The molecule has 200 valence electrons. The first-order valence-electron chi connectivity index (χ1n) is 12.6. The van der Waals surface area contributed by atoms with Crippen molar-refractivity contribution in [3.05, 3.63) is 106 Å². The SMILES string of the molecule is CCN(CC)Cc1ccc(/C=C/c2cc(C)ccc2C(=O)NC(Cc2ccccc2)C(=O)C(N)=O)cc1.Cl. The molecule has 0 heterocycles. The quantitative estimate of drug-likeness (QED) is 0.258. The van der Waals surface area contributed by atoms with E-state index < -0.39 is 23.6 Å². The summed E-state index contributed by atoms with van der Waals surface area (Å²) in [7, 11) is 0. The molecule has 2 amide bonds. The Hall–Kier alpha value is -3.74. The van der Waals surface area contributed by atoms with E-state index in [1.165, 1.54) is 5.56 Å². The van der Waals surface area contributed by atoms with Crippen molar-refractivity contribution in [2.75, 3.05) is 13.1 Å². The maximum atomic E-state index is 13.3. The predicted octanol–water partition coefficient (Wildman–Crippen LogP) is 4.82. The second-order valence-corrected chi connectivity index (χ2v) is 9.07. The number of rotatable bonds is 12. The van der Waals surface area contributed by atoms with E-state index in [1.807, 2.05) is 61.5 Å². The Morgan fingerprint density at radius 3 is 2.16 bits per heavy atom. The predicted molar refractivity (Wildman–Crippen MR) is 156 cm³/mol. The van der Waals surface area contributed by atoms with Crippen LogP contribution in [0.3, 0.4) is 0 Å². The highest BCUT2D eigenvalue weighted by molar-refractivity contribution is 6.38. The Kier molecular flexibility index (Phi) is 11.9. The number of Topliss-reactive ketones (excluding diaryl/α,β-unsaturated/α-hetero) is 1. The first kappa shape index (κ1) is 30.5. The summed E-state index contributed by atoms with van der Waals surface area (Å²) >= 11 is 0. The van der Waals surface area contributed by atoms with Crippen molar-refractivity contribution in [1.82, 2.24) is 10.2 Å². The summed E-state index contributed by atoms with van der Waals surface area (Å²) in [5.41, 5.74) is 10.5. The highest BCUT2D eigenvalue weighted by atomic mass is 35.5. The fourth-order valence-electron chi connectivity index (χ4n) is 4.12. The molecule has 0 fully saturated rings. The average molecular weight is 534 g/mol. The first-order chi connectivity index (χ1) is 17.8. The lowest BCUT2D eigenvalue weighted by Gasteiger charge is -2.18. The van der Waals surface area contributed by atoms with Gasteiger partial charge < -0.3 is 11.1 Å². The molecule has 3 aromatic carbocycles. The van der Waals surface area contributed by atoms with Crippen molar-refractivity contribution in [3.63, 3.8) is 0 Å². The van der Waals surface area contributed by atoms with Gasteiger partial charge in [0.2, 0.25) is 5.78 Å². The van der Waals surface area contributed by atoms with Gasteiger partial charge in [-0.1, -0.05) is 98.3 Å². The lowest BCUT2D eigenvalue weighted by molar-refractivity contribution is -0.137. The number of hydrogen-bond acceptors (Lipinski definition) is 4. The van der Waals surface area contributed by atoms with Crippen LogP contribution in [0.1, 0.15) is 52.0 Å². The number of carbonyl (C=O) groups is 3. The minimum Gasteiger partial charge on any atom is -0.363 e. The highest BCUT2D eigenvalue weighted by Gasteiger charge is 2.26. The van der Waals surface area contributed by atoms with Crippen LogP contribution in [0.15, 0.2) is 72.8 Å². The molecule has 3 rings (SSSR count). The van der Waals surface area contributed by atoms with Crippen LogP contribution in [0.25, 0.3) is 12.2 Å². The number of nitrogens with one attached hydrogen (secondary N) is 1. The molecule has 6 nitrogen and oxygen atoms in total. The van der Waals surface area contributed by atoms with Gasteiger partial charge >= 0.3 is 0 Å². The molecule has 0 saturated carbocycles. The Bertz CT molecular complexity index is 1250. The third kappa shape index (κ3) is 8.68.